The summed E-state index contributed by atoms with van der Waals surface area (Å²) >= 11 is 3.36. The number of hydrogen-bond donors (Lipinski definition) is 1. The summed E-state index contributed by atoms with van der Waals surface area (Å²) in [7, 11) is 3.13. The summed E-state index contributed by atoms with van der Waals surface area (Å²) in [6.45, 7) is -0.211. The highest BCUT2D eigenvalue weighted by atomic mass is 79.9. The van der Waals surface area contributed by atoms with E-state index in [1.165, 1.54) is 4.90 Å². The number of halogens is 1. The van der Waals surface area contributed by atoms with Gasteiger partial charge in [0.25, 0.3) is 5.91 Å². The SMILES string of the molecule is COc1ccc(OCC(=O)N(C)CC(=O)Nc2ccccc2Br)cc1. The van der Waals surface area contributed by atoms with Crippen LogP contribution < -0.4 is 14.8 Å². The Bertz CT molecular complexity index is 734. The number of amides is 2. The minimum atomic E-state index is -0.293. The van der Waals surface area contributed by atoms with Gasteiger partial charge in [-0.05, 0) is 52.3 Å². The quantitative estimate of drug-likeness (QED) is 0.767. The fourth-order valence-corrected chi connectivity index (χ4v) is 2.37. The van der Waals surface area contributed by atoms with E-state index in [0.717, 1.165) is 4.47 Å². The molecule has 0 unspecified atom stereocenters. The molecule has 0 aliphatic heterocycles. The lowest BCUT2D eigenvalue weighted by molar-refractivity contribution is -0.135. The van der Waals surface area contributed by atoms with E-state index in [-0.39, 0.29) is 25.0 Å². The number of nitrogens with zero attached hydrogens (tertiary/aromatic N) is 1. The van der Waals surface area contributed by atoms with Gasteiger partial charge in [0.15, 0.2) is 6.61 Å². The molecule has 2 aromatic rings. The molecule has 25 heavy (non-hydrogen) atoms. The fraction of sp³-hybridized carbons (Fsp3) is 0.222. The van der Waals surface area contributed by atoms with Crippen molar-refractivity contribution in [1.29, 1.82) is 0 Å². The highest BCUT2D eigenvalue weighted by Crippen LogP contribution is 2.21. The van der Waals surface area contributed by atoms with E-state index in [2.05, 4.69) is 21.2 Å². The molecule has 0 spiro atoms. The van der Waals surface area contributed by atoms with Crippen molar-refractivity contribution in [3.05, 3.63) is 53.0 Å². The zero-order valence-electron chi connectivity index (χ0n) is 14.0. The smallest absolute Gasteiger partial charge is 0.260 e. The normalized spacial score (nSPS) is 10.0. The van der Waals surface area contributed by atoms with Crippen LogP contribution in [0, 0.1) is 0 Å². The summed E-state index contributed by atoms with van der Waals surface area (Å²) in [5.74, 6) is 0.685. The van der Waals surface area contributed by atoms with Gasteiger partial charge in [0, 0.05) is 11.5 Å². The third-order valence-corrected chi connectivity index (χ3v) is 4.07. The van der Waals surface area contributed by atoms with Crippen molar-refractivity contribution in [2.45, 2.75) is 0 Å². The van der Waals surface area contributed by atoms with E-state index in [4.69, 9.17) is 9.47 Å². The Balaban J connectivity index is 1.80. The Morgan fingerprint density at radius 1 is 1.08 bits per heavy atom. The van der Waals surface area contributed by atoms with Crippen LogP contribution in [-0.2, 0) is 9.59 Å². The molecule has 0 atom stereocenters. The molecule has 0 radical (unpaired) electrons. The van der Waals surface area contributed by atoms with E-state index in [1.54, 1.807) is 44.5 Å². The number of ether oxygens (including phenoxy) is 2. The van der Waals surface area contributed by atoms with Crippen molar-refractivity contribution in [2.75, 3.05) is 32.6 Å². The molecular formula is C18H19BrN2O4. The van der Waals surface area contributed by atoms with E-state index >= 15 is 0 Å². The predicted octanol–water partition coefficient (Wildman–Crippen LogP) is 2.93. The molecule has 0 fully saturated rings. The van der Waals surface area contributed by atoms with Crippen LogP contribution in [0.3, 0.4) is 0 Å². The number of nitrogens with one attached hydrogen (secondary N) is 1. The third kappa shape index (κ3) is 5.79. The molecule has 0 bridgehead atoms. The van der Waals surface area contributed by atoms with Gasteiger partial charge in [-0.25, -0.2) is 0 Å². The van der Waals surface area contributed by atoms with Gasteiger partial charge in [-0.15, -0.1) is 0 Å². The molecule has 0 saturated carbocycles. The summed E-state index contributed by atoms with van der Waals surface area (Å²) in [5, 5.41) is 2.75. The first-order valence-electron chi connectivity index (χ1n) is 7.55. The van der Waals surface area contributed by atoms with Gasteiger partial charge >= 0.3 is 0 Å². The standard InChI is InChI=1S/C18H19BrN2O4/c1-21(11-17(22)20-16-6-4-3-5-15(16)19)18(23)12-25-14-9-7-13(24-2)8-10-14/h3-10H,11-12H2,1-2H3,(H,20,22). The van der Waals surface area contributed by atoms with Crippen LogP contribution in [-0.4, -0.2) is 44.0 Å². The van der Waals surface area contributed by atoms with Gasteiger partial charge in [0.1, 0.15) is 11.5 Å². The van der Waals surface area contributed by atoms with Gasteiger partial charge in [-0.3, -0.25) is 9.59 Å². The Morgan fingerprint density at radius 2 is 1.72 bits per heavy atom. The number of rotatable bonds is 7. The monoisotopic (exact) mass is 406 g/mol. The minimum absolute atomic E-state index is 0.0634. The second-order valence-corrected chi connectivity index (χ2v) is 6.10. The second kappa shape index (κ2) is 9.08. The van der Waals surface area contributed by atoms with Crippen molar-refractivity contribution in [3.8, 4) is 11.5 Å². The number of anilines is 1. The third-order valence-electron chi connectivity index (χ3n) is 3.38. The number of para-hydroxylation sites is 1. The van der Waals surface area contributed by atoms with Crippen LogP contribution in [0.5, 0.6) is 11.5 Å². The molecule has 1 N–H and O–H groups in total. The number of methoxy groups -OCH3 is 1. The summed E-state index contributed by atoms with van der Waals surface area (Å²) in [5.41, 5.74) is 0.655. The van der Waals surface area contributed by atoms with Crippen molar-refractivity contribution in [2.24, 2.45) is 0 Å². The predicted molar refractivity (Wildman–Crippen MR) is 98.9 cm³/mol. The highest BCUT2D eigenvalue weighted by Gasteiger charge is 2.14. The number of carbonyl (C=O) groups is 2. The Kier molecular flexibility index (Phi) is 6.82. The topological polar surface area (TPSA) is 67.9 Å². The average Bonchev–Trinajstić information content (AvgIpc) is 2.62. The van der Waals surface area contributed by atoms with E-state index in [1.807, 2.05) is 18.2 Å². The molecule has 7 heteroatoms. The highest BCUT2D eigenvalue weighted by molar-refractivity contribution is 9.10. The molecule has 2 aromatic carbocycles. The molecule has 2 rings (SSSR count). The van der Waals surface area contributed by atoms with Gasteiger partial charge < -0.3 is 19.7 Å². The molecule has 0 aliphatic rings. The molecule has 0 saturated heterocycles. The first-order chi connectivity index (χ1) is 12.0. The van der Waals surface area contributed by atoms with Gasteiger partial charge in [-0.1, -0.05) is 12.1 Å². The van der Waals surface area contributed by atoms with Gasteiger partial charge in [-0.2, -0.15) is 0 Å². The summed E-state index contributed by atoms with van der Waals surface area (Å²) < 4.78 is 11.3. The van der Waals surface area contributed by atoms with Crippen LogP contribution in [0.2, 0.25) is 0 Å². The van der Waals surface area contributed by atoms with Gasteiger partial charge in [0.2, 0.25) is 5.91 Å². The lowest BCUT2D eigenvalue weighted by Crippen LogP contribution is -2.37. The Morgan fingerprint density at radius 3 is 2.36 bits per heavy atom. The molecule has 0 aliphatic carbocycles. The fourth-order valence-electron chi connectivity index (χ4n) is 1.98. The van der Waals surface area contributed by atoms with E-state index in [0.29, 0.717) is 17.2 Å². The number of benzene rings is 2. The van der Waals surface area contributed by atoms with Gasteiger partial charge in [0.05, 0.1) is 19.3 Å². The lowest BCUT2D eigenvalue weighted by Gasteiger charge is -2.17. The molecule has 6 nitrogen and oxygen atoms in total. The number of carbonyl (C=O) groups excluding carboxylic acids is 2. The van der Waals surface area contributed by atoms with Crippen molar-refractivity contribution in [3.63, 3.8) is 0 Å². The number of hydrogen-bond acceptors (Lipinski definition) is 4. The molecular weight excluding hydrogens is 388 g/mol. The van der Waals surface area contributed by atoms with Crippen LogP contribution >= 0.6 is 15.9 Å². The zero-order valence-corrected chi connectivity index (χ0v) is 15.6. The average molecular weight is 407 g/mol. The maximum Gasteiger partial charge on any atom is 0.260 e. The summed E-state index contributed by atoms with van der Waals surface area (Å²) in [4.78, 5) is 25.4. The number of likely N-dealkylation sites (N-methyl/N-ethyl adjacent to an activating group) is 1. The molecule has 132 valence electrons. The Labute approximate surface area is 154 Å². The second-order valence-electron chi connectivity index (χ2n) is 5.24. The van der Waals surface area contributed by atoms with Crippen LogP contribution in [0.4, 0.5) is 5.69 Å². The zero-order chi connectivity index (χ0) is 18.2. The van der Waals surface area contributed by atoms with Crippen LogP contribution in [0.1, 0.15) is 0 Å². The van der Waals surface area contributed by atoms with E-state index in [9.17, 15) is 9.59 Å². The maximum atomic E-state index is 12.1. The van der Waals surface area contributed by atoms with Crippen LogP contribution in [0.15, 0.2) is 53.0 Å². The van der Waals surface area contributed by atoms with Crippen molar-refractivity contribution < 1.29 is 19.1 Å². The maximum absolute atomic E-state index is 12.1. The molecule has 0 aromatic heterocycles. The lowest BCUT2D eigenvalue weighted by atomic mass is 10.3. The van der Waals surface area contributed by atoms with Crippen LogP contribution in [0.25, 0.3) is 0 Å². The van der Waals surface area contributed by atoms with Crippen molar-refractivity contribution in [1.82, 2.24) is 4.90 Å². The van der Waals surface area contributed by atoms with E-state index < -0.39 is 0 Å². The first-order valence-corrected chi connectivity index (χ1v) is 8.34. The first kappa shape index (κ1) is 18.8. The Hall–Kier alpha value is -2.54. The van der Waals surface area contributed by atoms with Crippen molar-refractivity contribution >= 4 is 33.4 Å². The molecule has 2 amide bonds. The minimum Gasteiger partial charge on any atom is -0.497 e. The largest absolute Gasteiger partial charge is 0.497 e. The summed E-state index contributed by atoms with van der Waals surface area (Å²) in [6.07, 6.45) is 0. The molecule has 0 heterocycles. The summed E-state index contributed by atoms with van der Waals surface area (Å²) in [6, 6.07) is 14.2.